The highest BCUT2D eigenvalue weighted by atomic mass is 16.4. The van der Waals surface area contributed by atoms with Crippen molar-refractivity contribution < 1.29 is 19.8 Å². The molecule has 7 nitrogen and oxygen atoms in total. The van der Waals surface area contributed by atoms with E-state index in [1.807, 2.05) is 54.6 Å². The van der Waals surface area contributed by atoms with Crippen LogP contribution in [0.4, 0.5) is 17.1 Å². The molecule has 7 aromatic carbocycles. The van der Waals surface area contributed by atoms with Crippen LogP contribution >= 0.6 is 0 Å². The Bertz CT molecular complexity index is 2930. The zero-order chi connectivity index (χ0) is 45.7. The summed E-state index contributed by atoms with van der Waals surface area (Å²) in [4.78, 5) is 30.9. The van der Waals surface area contributed by atoms with Crippen LogP contribution in [0.2, 0.25) is 0 Å². The lowest BCUT2D eigenvalue weighted by Gasteiger charge is -2.26. The summed E-state index contributed by atoms with van der Waals surface area (Å²) in [7, 11) is 0. The molecule has 7 heteroatoms. The van der Waals surface area contributed by atoms with Crippen molar-refractivity contribution in [1.82, 2.24) is 0 Å². The molecule has 0 aromatic heterocycles. The molecule has 7 aromatic rings. The summed E-state index contributed by atoms with van der Waals surface area (Å²) in [6, 6.07) is 57.0. The molecule has 0 aliphatic heterocycles. The molecule has 314 valence electrons. The van der Waals surface area contributed by atoms with Gasteiger partial charge in [-0.05, 0) is 135 Å². The van der Waals surface area contributed by atoms with Crippen LogP contribution in [0.5, 0.6) is 0 Å². The molecular formula is C58H43N3O4. The Kier molecular flexibility index (Phi) is 14.0. The molecule has 0 spiro atoms. The Morgan fingerprint density at radius 3 is 1.15 bits per heavy atom. The molecule has 0 amide bonds. The van der Waals surface area contributed by atoms with Crippen LogP contribution in [-0.4, -0.2) is 22.2 Å². The second kappa shape index (κ2) is 20.7. The van der Waals surface area contributed by atoms with Crippen molar-refractivity contribution in [2.24, 2.45) is 0 Å². The van der Waals surface area contributed by atoms with Gasteiger partial charge < -0.3 is 15.1 Å². The van der Waals surface area contributed by atoms with E-state index < -0.39 is 11.9 Å². The van der Waals surface area contributed by atoms with Crippen molar-refractivity contribution in [3.05, 3.63) is 265 Å². The number of benzene rings is 7. The molecule has 0 saturated carbocycles. The minimum atomic E-state index is -1.25. The molecule has 0 atom stereocenters. The molecule has 0 heterocycles. The fourth-order valence-electron chi connectivity index (χ4n) is 7.05. The first-order valence-electron chi connectivity index (χ1n) is 20.7. The monoisotopic (exact) mass is 845 g/mol. The van der Waals surface area contributed by atoms with Gasteiger partial charge in [0, 0.05) is 17.1 Å². The van der Waals surface area contributed by atoms with E-state index in [2.05, 4.69) is 150 Å². The predicted molar refractivity (Wildman–Crippen MR) is 266 cm³/mol. The number of aliphatic carboxylic acids is 2. The molecule has 0 saturated heterocycles. The number of anilines is 3. The van der Waals surface area contributed by atoms with Crippen LogP contribution in [-0.2, 0) is 9.59 Å². The maximum absolute atomic E-state index is 11.3. The first kappa shape index (κ1) is 44.0. The molecule has 0 bridgehead atoms. The van der Waals surface area contributed by atoms with Crippen LogP contribution < -0.4 is 4.90 Å². The summed E-state index contributed by atoms with van der Waals surface area (Å²) in [6.45, 7) is 18.5. The minimum absolute atomic E-state index is 0.333. The second-order valence-electron chi connectivity index (χ2n) is 15.2. The molecule has 7 rings (SSSR count). The van der Waals surface area contributed by atoms with Gasteiger partial charge in [-0.25, -0.2) is 9.69 Å². The number of carboxylic acid groups (broad SMARTS) is 2. The number of hydrogen-bond donors (Lipinski definition) is 2. The second-order valence-corrected chi connectivity index (χ2v) is 15.2. The molecule has 0 aliphatic carbocycles. The summed E-state index contributed by atoms with van der Waals surface area (Å²) >= 11 is 0. The smallest absolute Gasteiger partial charge is 0.333 e. The summed E-state index contributed by atoms with van der Waals surface area (Å²) in [6.07, 6.45) is 13.0. The number of carbonyl (C=O) groups is 2. The van der Waals surface area contributed by atoms with Gasteiger partial charge in [-0.3, -0.25) is 9.59 Å². The topological polar surface area (TPSA) is 86.6 Å². The van der Waals surface area contributed by atoms with Gasteiger partial charge in [0.2, 0.25) is 0 Å². The van der Waals surface area contributed by atoms with E-state index in [1.54, 1.807) is 24.3 Å². The summed E-state index contributed by atoms with van der Waals surface area (Å²) in [5, 5.41) is 18.4. The van der Waals surface area contributed by atoms with Gasteiger partial charge in [0.25, 0.3) is 11.4 Å². The highest BCUT2D eigenvalue weighted by molar-refractivity contribution is 5.95. The highest BCUT2D eigenvalue weighted by Crippen LogP contribution is 2.36. The van der Waals surface area contributed by atoms with Crippen molar-refractivity contribution in [3.63, 3.8) is 0 Å². The fourth-order valence-corrected chi connectivity index (χ4v) is 7.05. The minimum Gasteiger partial charge on any atom is -0.486 e. The van der Waals surface area contributed by atoms with Gasteiger partial charge >= 0.3 is 11.9 Å². The summed E-state index contributed by atoms with van der Waals surface area (Å²) in [5.41, 5.74) is 14.4. The van der Waals surface area contributed by atoms with Gasteiger partial charge in [0.1, 0.15) is 0 Å². The molecule has 65 heavy (non-hydrogen) atoms. The molecule has 0 fully saturated rings. The van der Waals surface area contributed by atoms with Crippen LogP contribution in [0.1, 0.15) is 61.2 Å². The fraction of sp³-hybridized carbons (Fsp3) is 0.0345. The molecule has 0 radical (unpaired) electrons. The number of carboxylic acids is 2. The zero-order valence-corrected chi connectivity index (χ0v) is 35.8. The third kappa shape index (κ3) is 11.5. The van der Waals surface area contributed by atoms with E-state index in [0.717, 1.165) is 61.6 Å². The Morgan fingerprint density at radius 2 is 0.785 bits per heavy atom. The van der Waals surface area contributed by atoms with Crippen molar-refractivity contribution >= 4 is 77.1 Å². The van der Waals surface area contributed by atoms with Gasteiger partial charge in [-0.15, -0.1) is 0 Å². The van der Waals surface area contributed by atoms with E-state index in [1.165, 1.54) is 23.3 Å². The van der Waals surface area contributed by atoms with E-state index in [0.29, 0.717) is 11.1 Å². The zero-order valence-electron chi connectivity index (χ0n) is 35.8. The first-order valence-corrected chi connectivity index (χ1v) is 20.7. The quantitative estimate of drug-likeness (QED) is 0.0647. The SMILES string of the molecule is [C-]#[N+]/C(=C\c1ccc(/C=C/c2ccc(N(c3ccc(/C=C(/c4ccccc4)c4ccc(C)c(C)c4)cc3)c3ccc(/C=C/c4ccc(/C=C(\[N+]#[C-])C(=O)O)cc4)cc3)cc2)cc1)C(=O)O. The summed E-state index contributed by atoms with van der Waals surface area (Å²) < 4.78 is 0. The molecule has 2 N–H and O–H groups in total. The maximum atomic E-state index is 11.3. The third-order valence-electron chi connectivity index (χ3n) is 10.8. The Hall–Kier alpha value is -9.04. The van der Waals surface area contributed by atoms with Gasteiger partial charge in [0.15, 0.2) is 0 Å². The van der Waals surface area contributed by atoms with Crippen molar-refractivity contribution in [3.8, 4) is 0 Å². The van der Waals surface area contributed by atoms with Gasteiger partial charge in [-0.1, -0.05) is 158 Å². The first-order chi connectivity index (χ1) is 31.6. The van der Waals surface area contributed by atoms with E-state index >= 15 is 0 Å². The van der Waals surface area contributed by atoms with Gasteiger partial charge in [-0.2, -0.15) is 0 Å². The van der Waals surface area contributed by atoms with Crippen molar-refractivity contribution in [2.45, 2.75) is 13.8 Å². The van der Waals surface area contributed by atoms with Crippen molar-refractivity contribution in [2.75, 3.05) is 4.90 Å². The number of rotatable bonds is 14. The predicted octanol–water partition coefficient (Wildman–Crippen LogP) is 14.4. The molecule has 0 unspecified atom stereocenters. The van der Waals surface area contributed by atoms with Crippen LogP contribution in [0.25, 0.3) is 57.8 Å². The average molecular weight is 846 g/mol. The number of hydrogen-bond acceptors (Lipinski definition) is 3. The maximum Gasteiger partial charge on any atom is 0.333 e. The Labute approximate surface area is 379 Å². The van der Waals surface area contributed by atoms with Crippen molar-refractivity contribution in [1.29, 1.82) is 0 Å². The largest absolute Gasteiger partial charge is 0.486 e. The average Bonchev–Trinajstić information content (AvgIpc) is 3.33. The van der Waals surface area contributed by atoms with E-state index in [9.17, 15) is 19.8 Å². The Morgan fingerprint density at radius 1 is 0.431 bits per heavy atom. The molecular weight excluding hydrogens is 803 g/mol. The number of aryl methyl sites for hydroxylation is 2. The lowest BCUT2D eigenvalue weighted by atomic mass is 9.93. The normalized spacial score (nSPS) is 11.9. The lowest BCUT2D eigenvalue weighted by molar-refractivity contribution is -0.133. The number of nitrogens with zero attached hydrogens (tertiary/aromatic N) is 3. The molecule has 0 aliphatic rings. The highest BCUT2D eigenvalue weighted by Gasteiger charge is 2.14. The van der Waals surface area contributed by atoms with Crippen LogP contribution in [0.15, 0.2) is 181 Å². The lowest BCUT2D eigenvalue weighted by Crippen LogP contribution is -2.09. The van der Waals surface area contributed by atoms with Crippen LogP contribution in [0, 0.1) is 27.0 Å². The van der Waals surface area contributed by atoms with E-state index in [-0.39, 0.29) is 11.4 Å². The third-order valence-corrected chi connectivity index (χ3v) is 10.8. The summed E-state index contributed by atoms with van der Waals surface area (Å²) in [5.74, 6) is -2.50. The standard InChI is InChI=1S/C58H43N3O4/c1-40-10-29-50(36-41(40)2)54(49-8-6-5-7-9-49)37-46-27-34-53(35-28-46)61(51-30-23-44(24-31-51)13-11-42-15-19-47(20-16-42)38-55(59-3)57(62)63)52-32-25-45(26-33-52)14-12-43-17-21-48(22-18-43)39-56(60-4)58(64)65/h5-39H,1-2H3,(H,62,63)(H,64,65)/b13-11+,14-12+,54-37-,55-38-,56-39-. The van der Waals surface area contributed by atoms with Gasteiger partial charge in [0.05, 0.1) is 13.1 Å². The Balaban J connectivity index is 1.18. The van der Waals surface area contributed by atoms with E-state index in [4.69, 9.17) is 13.1 Å². The van der Waals surface area contributed by atoms with Crippen LogP contribution in [0.3, 0.4) is 0 Å².